The molecule has 0 aliphatic carbocycles. The molecule has 2 N–H and O–H groups in total. The van der Waals surface area contributed by atoms with E-state index in [0.717, 1.165) is 13.0 Å². The Kier molecular flexibility index (Phi) is 7.09. The van der Waals surface area contributed by atoms with Crippen molar-refractivity contribution < 1.29 is 4.74 Å². The van der Waals surface area contributed by atoms with E-state index in [-0.39, 0.29) is 0 Å². The molecule has 0 bridgehead atoms. The van der Waals surface area contributed by atoms with Gasteiger partial charge in [-0.05, 0) is 25.6 Å². The first-order valence-corrected chi connectivity index (χ1v) is 4.64. The van der Waals surface area contributed by atoms with Gasteiger partial charge in [0.15, 0.2) is 5.11 Å². The molecule has 3 nitrogen and oxygen atoms in total. The van der Waals surface area contributed by atoms with Crippen LogP contribution in [0.3, 0.4) is 0 Å². The van der Waals surface area contributed by atoms with Crippen molar-refractivity contribution in [2.75, 3.05) is 20.3 Å². The van der Waals surface area contributed by atoms with Crippen LogP contribution in [0.4, 0.5) is 0 Å². The highest BCUT2D eigenvalue weighted by atomic mass is 32.1. The molecule has 0 saturated heterocycles. The van der Waals surface area contributed by atoms with Gasteiger partial charge in [-0.15, -0.1) is 0 Å². The summed E-state index contributed by atoms with van der Waals surface area (Å²) in [5.41, 5.74) is 0. The maximum atomic E-state index is 5.03. The minimum absolute atomic E-state index is 0.438. The Morgan fingerprint density at radius 1 is 1.58 bits per heavy atom. The Hall–Kier alpha value is -0.350. The standard InChI is InChI=1S/C8H18N2OS/c1-4-7(2)10-8(12)9-5-6-11-3/h7H,4-6H2,1-3H3,(H2,9,10,12). The van der Waals surface area contributed by atoms with Crippen LogP contribution in [0.5, 0.6) is 0 Å². The lowest BCUT2D eigenvalue weighted by molar-refractivity contribution is 0.204. The Morgan fingerprint density at radius 3 is 2.75 bits per heavy atom. The summed E-state index contributed by atoms with van der Waals surface area (Å²) < 4.78 is 4.87. The minimum atomic E-state index is 0.438. The van der Waals surface area contributed by atoms with Crippen LogP contribution in [-0.2, 0) is 4.74 Å². The van der Waals surface area contributed by atoms with Crippen molar-refractivity contribution in [1.29, 1.82) is 0 Å². The van der Waals surface area contributed by atoms with Crippen LogP contribution < -0.4 is 10.6 Å². The van der Waals surface area contributed by atoms with Crippen LogP contribution in [0.15, 0.2) is 0 Å². The summed E-state index contributed by atoms with van der Waals surface area (Å²) in [7, 11) is 1.67. The van der Waals surface area contributed by atoms with E-state index in [2.05, 4.69) is 24.5 Å². The molecule has 0 amide bonds. The molecule has 0 radical (unpaired) electrons. The first-order valence-electron chi connectivity index (χ1n) is 4.24. The van der Waals surface area contributed by atoms with E-state index in [1.165, 1.54) is 0 Å². The quantitative estimate of drug-likeness (QED) is 0.498. The first kappa shape index (κ1) is 11.6. The van der Waals surface area contributed by atoms with Crippen molar-refractivity contribution in [3.63, 3.8) is 0 Å². The monoisotopic (exact) mass is 190 g/mol. The highest BCUT2D eigenvalue weighted by Gasteiger charge is 1.99. The lowest BCUT2D eigenvalue weighted by atomic mass is 10.3. The normalized spacial score (nSPS) is 12.2. The zero-order valence-electron chi connectivity index (χ0n) is 8.02. The second-order valence-corrected chi connectivity index (χ2v) is 3.11. The fourth-order valence-electron chi connectivity index (χ4n) is 0.644. The third-order valence-corrected chi connectivity index (χ3v) is 1.84. The molecule has 0 fully saturated rings. The fourth-order valence-corrected chi connectivity index (χ4v) is 0.947. The molecule has 0 aromatic carbocycles. The van der Waals surface area contributed by atoms with E-state index in [9.17, 15) is 0 Å². The van der Waals surface area contributed by atoms with Gasteiger partial charge in [0.05, 0.1) is 6.61 Å². The number of ether oxygens (including phenoxy) is 1. The average molecular weight is 190 g/mol. The maximum absolute atomic E-state index is 5.03. The molecule has 0 aliphatic heterocycles. The molecular formula is C8H18N2OS. The lowest BCUT2D eigenvalue weighted by Gasteiger charge is -2.14. The van der Waals surface area contributed by atoms with Gasteiger partial charge >= 0.3 is 0 Å². The molecule has 72 valence electrons. The molecule has 0 aromatic heterocycles. The highest BCUT2D eigenvalue weighted by Crippen LogP contribution is 1.86. The molecule has 0 rings (SSSR count). The van der Waals surface area contributed by atoms with Crippen LogP contribution >= 0.6 is 12.2 Å². The summed E-state index contributed by atoms with van der Waals surface area (Å²) in [4.78, 5) is 0. The van der Waals surface area contributed by atoms with Crippen LogP contribution in [0.2, 0.25) is 0 Å². The van der Waals surface area contributed by atoms with Crippen LogP contribution in [0.1, 0.15) is 20.3 Å². The molecule has 1 unspecified atom stereocenters. The Morgan fingerprint density at radius 2 is 2.25 bits per heavy atom. The van der Waals surface area contributed by atoms with Crippen LogP contribution in [-0.4, -0.2) is 31.4 Å². The predicted molar refractivity (Wildman–Crippen MR) is 55.4 cm³/mol. The Balaban J connectivity index is 3.33. The number of methoxy groups -OCH3 is 1. The van der Waals surface area contributed by atoms with Gasteiger partial charge in [0, 0.05) is 19.7 Å². The van der Waals surface area contributed by atoms with Gasteiger partial charge in [-0.1, -0.05) is 6.92 Å². The molecule has 0 saturated carbocycles. The van der Waals surface area contributed by atoms with Crippen molar-refractivity contribution in [2.45, 2.75) is 26.3 Å². The number of hydrogen-bond acceptors (Lipinski definition) is 2. The second-order valence-electron chi connectivity index (χ2n) is 2.70. The third kappa shape index (κ3) is 6.37. The molecular weight excluding hydrogens is 172 g/mol. The zero-order chi connectivity index (χ0) is 9.40. The summed E-state index contributed by atoms with van der Waals surface area (Å²) in [5, 5.41) is 6.91. The number of thiocarbonyl (C=S) groups is 1. The molecule has 12 heavy (non-hydrogen) atoms. The predicted octanol–water partition coefficient (Wildman–Crippen LogP) is 0.895. The molecule has 0 aromatic rings. The third-order valence-electron chi connectivity index (χ3n) is 1.58. The molecule has 0 aliphatic rings. The average Bonchev–Trinajstić information content (AvgIpc) is 2.05. The van der Waals surface area contributed by atoms with E-state index in [0.29, 0.717) is 17.8 Å². The minimum Gasteiger partial charge on any atom is -0.383 e. The van der Waals surface area contributed by atoms with E-state index < -0.39 is 0 Å². The molecule has 0 heterocycles. The smallest absolute Gasteiger partial charge is 0.166 e. The van der Waals surface area contributed by atoms with Gasteiger partial charge in [0.1, 0.15) is 0 Å². The topological polar surface area (TPSA) is 33.3 Å². The lowest BCUT2D eigenvalue weighted by Crippen LogP contribution is -2.41. The number of rotatable bonds is 5. The highest BCUT2D eigenvalue weighted by molar-refractivity contribution is 7.80. The van der Waals surface area contributed by atoms with Gasteiger partial charge in [0.2, 0.25) is 0 Å². The van der Waals surface area contributed by atoms with Gasteiger partial charge in [0.25, 0.3) is 0 Å². The largest absolute Gasteiger partial charge is 0.383 e. The van der Waals surface area contributed by atoms with Crippen molar-refractivity contribution in [3.8, 4) is 0 Å². The summed E-state index contributed by atoms with van der Waals surface area (Å²) >= 11 is 5.03. The van der Waals surface area contributed by atoms with E-state index in [4.69, 9.17) is 17.0 Å². The summed E-state index contributed by atoms with van der Waals surface area (Å²) in [6.45, 7) is 5.67. The van der Waals surface area contributed by atoms with Gasteiger partial charge < -0.3 is 15.4 Å². The van der Waals surface area contributed by atoms with Crippen molar-refractivity contribution in [2.24, 2.45) is 0 Å². The van der Waals surface area contributed by atoms with E-state index in [1.807, 2.05) is 0 Å². The molecule has 4 heteroatoms. The van der Waals surface area contributed by atoms with E-state index in [1.54, 1.807) is 7.11 Å². The van der Waals surface area contributed by atoms with Gasteiger partial charge in [-0.3, -0.25) is 0 Å². The first-order chi connectivity index (χ1) is 5.70. The zero-order valence-corrected chi connectivity index (χ0v) is 8.83. The van der Waals surface area contributed by atoms with Gasteiger partial charge in [-0.2, -0.15) is 0 Å². The second kappa shape index (κ2) is 7.31. The number of nitrogens with one attached hydrogen (secondary N) is 2. The van der Waals surface area contributed by atoms with Crippen molar-refractivity contribution >= 4 is 17.3 Å². The van der Waals surface area contributed by atoms with Crippen LogP contribution in [0.25, 0.3) is 0 Å². The SMILES string of the molecule is CCC(C)NC(=S)NCCOC. The van der Waals surface area contributed by atoms with Crippen LogP contribution in [0, 0.1) is 0 Å². The number of hydrogen-bond donors (Lipinski definition) is 2. The fraction of sp³-hybridized carbons (Fsp3) is 0.875. The van der Waals surface area contributed by atoms with Gasteiger partial charge in [-0.25, -0.2) is 0 Å². The van der Waals surface area contributed by atoms with Crippen molar-refractivity contribution in [1.82, 2.24) is 10.6 Å². The summed E-state index contributed by atoms with van der Waals surface area (Å²) in [6.07, 6.45) is 1.08. The summed E-state index contributed by atoms with van der Waals surface area (Å²) in [6, 6.07) is 0.438. The van der Waals surface area contributed by atoms with E-state index >= 15 is 0 Å². The maximum Gasteiger partial charge on any atom is 0.166 e. The van der Waals surface area contributed by atoms with Crippen molar-refractivity contribution in [3.05, 3.63) is 0 Å². The Labute approximate surface area is 79.9 Å². The summed E-state index contributed by atoms with van der Waals surface area (Å²) in [5.74, 6) is 0. The molecule has 0 spiro atoms. The Bertz CT molecular complexity index is 130. The molecule has 1 atom stereocenters.